The van der Waals surface area contributed by atoms with Crippen molar-refractivity contribution >= 4 is 17.8 Å². The summed E-state index contributed by atoms with van der Waals surface area (Å²) in [5.41, 5.74) is 0. The summed E-state index contributed by atoms with van der Waals surface area (Å²) >= 11 is 1.96. The average Bonchev–Trinajstić information content (AvgIpc) is 2.63. The van der Waals surface area contributed by atoms with Gasteiger partial charge < -0.3 is 15.1 Å². The van der Waals surface area contributed by atoms with E-state index in [1.54, 1.807) is 0 Å². The normalized spacial score (nSPS) is 29.9. The number of urea groups is 1. The van der Waals surface area contributed by atoms with Crippen molar-refractivity contribution in [1.82, 2.24) is 15.1 Å². The summed E-state index contributed by atoms with van der Waals surface area (Å²) in [5.74, 6) is 2.25. The first kappa shape index (κ1) is 15.0. The van der Waals surface area contributed by atoms with Crippen molar-refractivity contribution < 1.29 is 4.79 Å². The van der Waals surface area contributed by atoms with E-state index >= 15 is 0 Å². The molecule has 0 bridgehead atoms. The zero-order chi connectivity index (χ0) is 13.7. The number of nitrogens with zero attached hydrogens (tertiary/aromatic N) is 2. The lowest BCUT2D eigenvalue weighted by Crippen LogP contribution is -2.53. The Morgan fingerprint density at radius 1 is 1.32 bits per heavy atom. The summed E-state index contributed by atoms with van der Waals surface area (Å²) in [4.78, 5) is 16.9. The van der Waals surface area contributed by atoms with Gasteiger partial charge in [-0.25, -0.2) is 4.79 Å². The van der Waals surface area contributed by atoms with Gasteiger partial charge in [0.15, 0.2) is 0 Å². The number of likely N-dealkylation sites (N-methyl/N-ethyl adjacent to an activating group) is 1. The van der Waals surface area contributed by atoms with Gasteiger partial charge in [-0.1, -0.05) is 6.92 Å². The molecule has 1 N–H and O–H groups in total. The number of hydrogen-bond acceptors (Lipinski definition) is 3. The van der Waals surface area contributed by atoms with Crippen molar-refractivity contribution in [1.29, 1.82) is 0 Å². The van der Waals surface area contributed by atoms with Gasteiger partial charge in [0.05, 0.1) is 0 Å². The SMILES string of the molecule is CCN1CCCC(NC(=O)N2CCSCCC2C)C1. The van der Waals surface area contributed by atoms with E-state index in [4.69, 9.17) is 0 Å². The van der Waals surface area contributed by atoms with E-state index in [0.717, 1.165) is 38.2 Å². The van der Waals surface area contributed by atoms with Gasteiger partial charge in [0.25, 0.3) is 0 Å². The average molecular weight is 285 g/mol. The third kappa shape index (κ3) is 4.28. The van der Waals surface area contributed by atoms with E-state index < -0.39 is 0 Å². The highest BCUT2D eigenvalue weighted by molar-refractivity contribution is 7.99. The van der Waals surface area contributed by atoms with E-state index in [9.17, 15) is 4.79 Å². The van der Waals surface area contributed by atoms with E-state index in [1.807, 2.05) is 16.7 Å². The Morgan fingerprint density at radius 2 is 2.16 bits per heavy atom. The third-order valence-electron chi connectivity index (χ3n) is 4.23. The molecule has 2 atom stereocenters. The molecule has 0 aromatic rings. The Bertz CT molecular complexity index is 300. The smallest absolute Gasteiger partial charge is 0.317 e. The van der Waals surface area contributed by atoms with Crippen LogP contribution in [0.4, 0.5) is 4.79 Å². The molecule has 2 saturated heterocycles. The minimum absolute atomic E-state index is 0.151. The number of hydrogen-bond donors (Lipinski definition) is 1. The van der Waals surface area contributed by atoms with E-state index in [1.165, 1.54) is 18.7 Å². The summed E-state index contributed by atoms with van der Waals surface area (Å²) in [5, 5.41) is 3.25. The maximum Gasteiger partial charge on any atom is 0.317 e. The molecule has 0 aliphatic carbocycles. The van der Waals surface area contributed by atoms with Crippen molar-refractivity contribution in [3.05, 3.63) is 0 Å². The predicted octanol–water partition coefficient (Wildman–Crippen LogP) is 2.01. The third-order valence-corrected chi connectivity index (χ3v) is 5.23. The molecule has 2 aliphatic rings. The maximum atomic E-state index is 12.4. The molecular weight excluding hydrogens is 258 g/mol. The lowest BCUT2D eigenvalue weighted by atomic mass is 10.1. The van der Waals surface area contributed by atoms with Crippen LogP contribution in [-0.2, 0) is 0 Å². The van der Waals surface area contributed by atoms with Gasteiger partial charge >= 0.3 is 6.03 Å². The highest BCUT2D eigenvalue weighted by Crippen LogP contribution is 2.17. The fourth-order valence-corrected chi connectivity index (χ4v) is 3.95. The van der Waals surface area contributed by atoms with Crippen LogP contribution in [0.25, 0.3) is 0 Å². The second-order valence-electron chi connectivity index (χ2n) is 5.63. The Hall–Kier alpha value is -0.420. The summed E-state index contributed by atoms with van der Waals surface area (Å²) in [7, 11) is 0. The molecule has 2 unspecified atom stereocenters. The van der Waals surface area contributed by atoms with Crippen LogP contribution in [0.2, 0.25) is 0 Å². The number of carbonyl (C=O) groups is 1. The Kier molecular flexibility index (Phi) is 5.82. The summed E-state index contributed by atoms with van der Waals surface area (Å²) < 4.78 is 0. The van der Waals surface area contributed by atoms with Crippen molar-refractivity contribution in [2.45, 2.75) is 45.2 Å². The van der Waals surface area contributed by atoms with Crippen LogP contribution in [0.5, 0.6) is 0 Å². The lowest BCUT2D eigenvalue weighted by molar-refractivity contribution is 0.160. The topological polar surface area (TPSA) is 35.6 Å². The van der Waals surface area contributed by atoms with Crippen LogP contribution in [0, 0.1) is 0 Å². The van der Waals surface area contributed by atoms with Crippen molar-refractivity contribution in [3.63, 3.8) is 0 Å². The van der Waals surface area contributed by atoms with Crippen LogP contribution >= 0.6 is 11.8 Å². The Morgan fingerprint density at radius 3 is 2.95 bits per heavy atom. The van der Waals surface area contributed by atoms with Crippen LogP contribution in [0.15, 0.2) is 0 Å². The first-order valence-electron chi connectivity index (χ1n) is 7.58. The monoisotopic (exact) mass is 285 g/mol. The summed E-state index contributed by atoms with van der Waals surface area (Å²) in [6, 6.07) is 0.864. The molecule has 0 spiro atoms. The van der Waals surface area contributed by atoms with E-state index in [-0.39, 0.29) is 6.03 Å². The molecule has 2 heterocycles. The largest absolute Gasteiger partial charge is 0.334 e. The molecule has 0 saturated carbocycles. The number of rotatable bonds is 2. The fraction of sp³-hybridized carbons (Fsp3) is 0.929. The standard InChI is InChI=1S/C14H27N3OS/c1-3-16-7-4-5-13(11-16)15-14(18)17-8-10-19-9-6-12(17)2/h12-13H,3-11H2,1-2H3,(H,15,18). The van der Waals surface area contributed by atoms with Gasteiger partial charge in [-0.15, -0.1) is 0 Å². The minimum Gasteiger partial charge on any atom is -0.334 e. The number of piperidine rings is 1. The molecule has 2 amide bonds. The van der Waals surface area contributed by atoms with Crippen molar-refractivity contribution in [2.24, 2.45) is 0 Å². The fourth-order valence-electron chi connectivity index (χ4n) is 2.91. The predicted molar refractivity (Wildman–Crippen MR) is 81.8 cm³/mol. The molecule has 2 fully saturated rings. The summed E-state index contributed by atoms with van der Waals surface area (Å²) in [6.45, 7) is 8.53. The highest BCUT2D eigenvalue weighted by Gasteiger charge is 2.26. The molecule has 0 aromatic carbocycles. The molecule has 4 nitrogen and oxygen atoms in total. The molecule has 2 aliphatic heterocycles. The second-order valence-corrected chi connectivity index (χ2v) is 6.85. The molecule has 19 heavy (non-hydrogen) atoms. The molecule has 2 rings (SSSR count). The van der Waals surface area contributed by atoms with Gasteiger partial charge in [0.1, 0.15) is 0 Å². The van der Waals surface area contributed by atoms with Gasteiger partial charge in [-0.2, -0.15) is 11.8 Å². The number of carbonyl (C=O) groups excluding carboxylic acids is 1. The number of nitrogens with one attached hydrogen (secondary N) is 1. The number of thioether (sulfide) groups is 1. The lowest BCUT2D eigenvalue weighted by Gasteiger charge is -2.35. The van der Waals surface area contributed by atoms with E-state index in [0.29, 0.717) is 12.1 Å². The van der Waals surface area contributed by atoms with Crippen molar-refractivity contribution in [3.8, 4) is 0 Å². The Labute approximate surface area is 121 Å². The number of likely N-dealkylation sites (tertiary alicyclic amines) is 1. The van der Waals surface area contributed by atoms with E-state index in [2.05, 4.69) is 24.1 Å². The van der Waals surface area contributed by atoms with Crippen LogP contribution in [0.3, 0.4) is 0 Å². The Balaban J connectivity index is 1.85. The van der Waals surface area contributed by atoms with Crippen LogP contribution in [0.1, 0.15) is 33.1 Å². The van der Waals surface area contributed by atoms with Gasteiger partial charge in [-0.05, 0) is 45.0 Å². The second kappa shape index (κ2) is 7.39. The maximum absolute atomic E-state index is 12.4. The highest BCUT2D eigenvalue weighted by atomic mass is 32.2. The van der Waals surface area contributed by atoms with Gasteiger partial charge in [0.2, 0.25) is 0 Å². The quantitative estimate of drug-likeness (QED) is 0.843. The van der Waals surface area contributed by atoms with Gasteiger partial charge in [0, 0.05) is 30.9 Å². The molecular formula is C14H27N3OS. The van der Waals surface area contributed by atoms with Crippen LogP contribution in [-0.4, -0.2) is 65.6 Å². The summed E-state index contributed by atoms with van der Waals surface area (Å²) in [6.07, 6.45) is 3.44. The van der Waals surface area contributed by atoms with Crippen LogP contribution < -0.4 is 5.32 Å². The van der Waals surface area contributed by atoms with Crippen molar-refractivity contribution in [2.75, 3.05) is 37.7 Å². The van der Waals surface area contributed by atoms with Gasteiger partial charge in [-0.3, -0.25) is 0 Å². The molecule has 0 radical (unpaired) electrons. The number of amides is 2. The molecule has 110 valence electrons. The zero-order valence-electron chi connectivity index (χ0n) is 12.2. The molecule has 5 heteroatoms. The zero-order valence-corrected chi connectivity index (χ0v) is 13.0. The first-order chi connectivity index (χ1) is 9.20. The first-order valence-corrected chi connectivity index (χ1v) is 8.73. The molecule has 0 aromatic heterocycles. The minimum atomic E-state index is 0.151.